The van der Waals surface area contributed by atoms with Gasteiger partial charge in [-0.05, 0) is 31.0 Å². The third-order valence-electron chi connectivity index (χ3n) is 3.92. The van der Waals surface area contributed by atoms with Gasteiger partial charge >= 0.3 is 0 Å². The topological polar surface area (TPSA) is 63.2 Å². The fraction of sp³-hybridized carbons (Fsp3) is 0.316. The second kappa shape index (κ2) is 8.11. The van der Waals surface area contributed by atoms with Crippen LogP contribution in [0.15, 0.2) is 59.5 Å². The Morgan fingerprint density at radius 1 is 1.04 bits per heavy atom. The van der Waals surface area contributed by atoms with Gasteiger partial charge < -0.3 is 5.32 Å². The highest BCUT2D eigenvalue weighted by atomic mass is 32.2. The summed E-state index contributed by atoms with van der Waals surface area (Å²) >= 11 is 0. The van der Waals surface area contributed by atoms with E-state index >= 15 is 0 Å². The largest absolute Gasteiger partial charge is 0.349 e. The van der Waals surface area contributed by atoms with Gasteiger partial charge in [0.15, 0.2) is 9.84 Å². The number of amides is 1. The van der Waals surface area contributed by atoms with Gasteiger partial charge in [0.05, 0.1) is 16.7 Å². The lowest BCUT2D eigenvalue weighted by molar-refractivity contribution is -0.121. The SMILES string of the molecule is CC[C@@H](NC(=O)CCS(=O)(=O)c1ccccc1)c1ccc(C)cc1. The van der Waals surface area contributed by atoms with Crippen molar-refractivity contribution in [1.29, 1.82) is 0 Å². The van der Waals surface area contributed by atoms with E-state index in [1.54, 1.807) is 30.3 Å². The van der Waals surface area contributed by atoms with Gasteiger partial charge in [-0.25, -0.2) is 8.42 Å². The van der Waals surface area contributed by atoms with Crippen LogP contribution in [0.3, 0.4) is 0 Å². The van der Waals surface area contributed by atoms with Crippen molar-refractivity contribution in [2.45, 2.75) is 37.6 Å². The summed E-state index contributed by atoms with van der Waals surface area (Å²) in [4.78, 5) is 12.4. The molecule has 2 aromatic carbocycles. The number of rotatable bonds is 7. The maximum absolute atomic E-state index is 12.2. The van der Waals surface area contributed by atoms with Crippen LogP contribution < -0.4 is 5.32 Å². The van der Waals surface area contributed by atoms with Crippen molar-refractivity contribution in [3.63, 3.8) is 0 Å². The molecule has 2 rings (SSSR count). The minimum Gasteiger partial charge on any atom is -0.349 e. The van der Waals surface area contributed by atoms with Gasteiger partial charge in [-0.3, -0.25) is 4.79 Å². The molecule has 0 aliphatic carbocycles. The minimum absolute atomic E-state index is 0.0421. The second-order valence-electron chi connectivity index (χ2n) is 5.82. The number of aryl methyl sites for hydroxylation is 1. The molecule has 2 aromatic rings. The summed E-state index contributed by atoms with van der Waals surface area (Å²) < 4.78 is 24.4. The van der Waals surface area contributed by atoms with E-state index in [0.717, 1.165) is 17.5 Å². The summed E-state index contributed by atoms with van der Waals surface area (Å²) in [5.41, 5.74) is 2.19. The van der Waals surface area contributed by atoms with Crippen molar-refractivity contribution >= 4 is 15.7 Å². The van der Waals surface area contributed by atoms with Crippen LogP contribution in [0.1, 0.15) is 36.9 Å². The number of hydrogen-bond acceptors (Lipinski definition) is 3. The number of nitrogens with one attached hydrogen (secondary N) is 1. The molecule has 0 spiro atoms. The van der Waals surface area contributed by atoms with Crippen LogP contribution in [0.2, 0.25) is 0 Å². The molecule has 128 valence electrons. The molecule has 0 fully saturated rings. The quantitative estimate of drug-likeness (QED) is 0.836. The third kappa shape index (κ3) is 4.93. The second-order valence-corrected chi connectivity index (χ2v) is 7.93. The fourth-order valence-electron chi connectivity index (χ4n) is 2.46. The molecule has 0 saturated heterocycles. The van der Waals surface area contributed by atoms with E-state index in [2.05, 4.69) is 5.32 Å². The van der Waals surface area contributed by atoms with Crippen molar-refractivity contribution in [2.24, 2.45) is 0 Å². The molecule has 0 aliphatic heterocycles. The fourth-order valence-corrected chi connectivity index (χ4v) is 3.72. The van der Waals surface area contributed by atoms with Crippen LogP contribution >= 0.6 is 0 Å². The Kier molecular flexibility index (Phi) is 6.15. The van der Waals surface area contributed by atoms with Gasteiger partial charge in [0.2, 0.25) is 5.91 Å². The molecular formula is C19H23NO3S. The molecule has 0 radical (unpaired) electrons. The predicted molar refractivity (Wildman–Crippen MR) is 95.5 cm³/mol. The normalized spacial score (nSPS) is 12.6. The van der Waals surface area contributed by atoms with E-state index in [1.165, 1.54) is 0 Å². The Labute approximate surface area is 143 Å². The molecule has 5 heteroatoms. The molecule has 1 N–H and O–H groups in total. The Bertz CT molecular complexity index is 768. The maximum Gasteiger partial charge on any atom is 0.221 e. The first-order valence-electron chi connectivity index (χ1n) is 8.06. The summed E-state index contributed by atoms with van der Waals surface area (Å²) in [6, 6.07) is 16.1. The van der Waals surface area contributed by atoms with Crippen LogP contribution in [-0.4, -0.2) is 20.1 Å². The molecule has 1 amide bonds. The Hall–Kier alpha value is -2.14. The summed E-state index contributed by atoms with van der Waals surface area (Å²) in [5, 5.41) is 2.92. The first-order chi connectivity index (χ1) is 11.4. The van der Waals surface area contributed by atoms with E-state index in [1.807, 2.05) is 38.1 Å². The van der Waals surface area contributed by atoms with E-state index in [0.29, 0.717) is 0 Å². The first kappa shape index (κ1) is 18.2. The van der Waals surface area contributed by atoms with Gasteiger partial charge in [-0.2, -0.15) is 0 Å². The summed E-state index contributed by atoms with van der Waals surface area (Å²) in [7, 11) is -3.43. The molecule has 0 bridgehead atoms. The maximum atomic E-state index is 12.2. The Balaban J connectivity index is 1.96. The molecule has 0 aromatic heterocycles. The van der Waals surface area contributed by atoms with E-state index in [9.17, 15) is 13.2 Å². The van der Waals surface area contributed by atoms with Crippen LogP contribution in [0, 0.1) is 6.92 Å². The summed E-state index contributed by atoms with van der Waals surface area (Å²) in [6.07, 6.45) is 0.708. The van der Waals surface area contributed by atoms with Crippen LogP contribution in [0.5, 0.6) is 0 Å². The lowest BCUT2D eigenvalue weighted by Gasteiger charge is -2.17. The highest BCUT2D eigenvalue weighted by Gasteiger charge is 2.18. The van der Waals surface area contributed by atoms with E-state index < -0.39 is 9.84 Å². The van der Waals surface area contributed by atoms with Crippen LogP contribution in [0.25, 0.3) is 0 Å². The molecule has 0 unspecified atom stereocenters. The molecule has 0 heterocycles. The zero-order valence-electron chi connectivity index (χ0n) is 14.0. The number of sulfone groups is 1. The first-order valence-corrected chi connectivity index (χ1v) is 9.71. The van der Waals surface area contributed by atoms with Crippen molar-refractivity contribution in [1.82, 2.24) is 5.32 Å². The number of carbonyl (C=O) groups excluding carboxylic acids is 1. The standard InChI is InChI=1S/C19H23NO3S/c1-3-18(16-11-9-15(2)10-12-16)20-19(21)13-14-24(22,23)17-7-5-4-6-8-17/h4-12,18H,3,13-14H2,1-2H3,(H,20,21)/t18-/m1/s1. The van der Waals surface area contributed by atoms with Crippen LogP contribution in [0.4, 0.5) is 0 Å². The molecule has 1 atom stereocenters. The van der Waals surface area contributed by atoms with Crippen molar-refractivity contribution in [3.8, 4) is 0 Å². The third-order valence-corrected chi connectivity index (χ3v) is 5.66. The molecular weight excluding hydrogens is 322 g/mol. The zero-order valence-corrected chi connectivity index (χ0v) is 14.8. The predicted octanol–water partition coefficient (Wildman–Crippen LogP) is 3.43. The van der Waals surface area contributed by atoms with Gasteiger partial charge in [0.25, 0.3) is 0 Å². The Morgan fingerprint density at radius 3 is 2.25 bits per heavy atom. The van der Waals surface area contributed by atoms with Crippen molar-refractivity contribution in [2.75, 3.05) is 5.75 Å². The lowest BCUT2D eigenvalue weighted by atomic mass is 10.0. The van der Waals surface area contributed by atoms with E-state index in [-0.39, 0.29) is 29.0 Å². The Morgan fingerprint density at radius 2 is 1.67 bits per heavy atom. The average molecular weight is 345 g/mol. The molecule has 24 heavy (non-hydrogen) atoms. The van der Waals surface area contributed by atoms with Crippen LogP contribution in [-0.2, 0) is 14.6 Å². The smallest absolute Gasteiger partial charge is 0.221 e. The van der Waals surface area contributed by atoms with Gasteiger partial charge in [-0.15, -0.1) is 0 Å². The molecule has 0 aliphatic rings. The molecule has 0 saturated carbocycles. The number of carbonyl (C=O) groups is 1. The molecule has 4 nitrogen and oxygen atoms in total. The monoisotopic (exact) mass is 345 g/mol. The zero-order chi connectivity index (χ0) is 17.6. The van der Waals surface area contributed by atoms with Gasteiger partial charge in [-0.1, -0.05) is 55.0 Å². The highest BCUT2D eigenvalue weighted by Crippen LogP contribution is 2.18. The van der Waals surface area contributed by atoms with Gasteiger partial charge in [0, 0.05) is 6.42 Å². The van der Waals surface area contributed by atoms with E-state index in [4.69, 9.17) is 0 Å². The summed E-state index contributed by atoms with van der Waals surface area (Å²) in [6.45, 7) is 4.00. The summed E-state index contributed by atoms with van der Waals surface area (Å²) in [5.74, 6) is -0.436. The number of benzene rings is 2. The highest BCUT2D eigenvalue weighted by molar-refractivity contribution is 7.91. The minimum atomic E-state index is -3.43. The van der Waals surface area contributed by atoms with Gasteiger partial charge in [0.1, 0.15) is 0 Å². The average Bonchev–Trinajstić information content (AvgIpc) is 2.59. The lowest BCUT2D eigenvalue weighted by Crippen LogP contribution is -2.29. The van der Waals surface area contributed by atoms with Crippen molar-refractivity contribution < 1.29 is 13.2 Å². The number of hydrogen-bond donors (Lipinski definition) is 1. The van der Waals surface area contributed by atoms with Crippen molar-refractivity contribution in [3.05, 3.63) is 65.7 Å².